The Kier molecular flexibility index (Phi) is 7.96. The minimum atomic E-state index is -0.0378. The van der Waals surface area contributed by atoms with Crippen LogP contribution in [0.15, 0.2) is 30.3 Å². The van der Waals surface area contributed by atoms with Crippen molar-refractivity contribution in [1.82, 2.24) is 20.0 Å². The van der Waals surface area contributed by atoms with Gasteiger partial charge in [-0.2, -0.15) is 5.10 Å². The summed E-state index contributed by atoms with van der Waals surface area (Å²) in [6, 6.07) is 10.1. The number of urea groups is 1. The van der Waals surface area contributed by atoms with E-state index in [-0.39, 0.29) is 18.1 Å². The molecule has 1 aliphatic heterocycles. The highest BCUT2D eigenvalue weighted by molar-refractivity contribution is 5.74. The first-order valence-corrected chi connectivity index (χ1v) is 11.4. The van der Waals surface area contributed by atoms with Crippen LogP contribution in [0.5, 0.6) is 0 Å². The predicted molar refractivity (Wildman–Crippen MR) is 125 cm³/mol. The van der Waals surface area contributed by atoms with Crippen LogP contribution in [0.3, 0.4) is 0 Å². The third-order valence-corrected chi connectivity index (χ3v) is 5.57. The van der Waals surface area contributed by atoms with Crippen molar-refractivity contribution < 1.29 is 9.53 Å². The van der Waals surface area contributed by atoms with Gasteiger partial charge in [0.2, 0.25) is 0 Å². The van der Waals surface area contributed by atoms with Crippen molar-refractivity contribution in [1.29, 1.82) is 0 Å². The second-order valence-corrected chi connectivity index (χ2v) is 8.73. The molecule has 0 spiro atoms. The Balaban J connectivity index is 2.00. The second kappa shape index (κ2) is 10.7. The fourth-order valence-corrected chi connectivity index (χ4v) is 4.07. The van der Waals surface area contributed by atoms with Crippen LogP contribution in [0.2, 0.25) is 0 Å². The van der Waals surface area contributed by atoms with Crippen LogP contribution in [0.1, 0.15) is 57.2 Å². The highest BCUT2D eigenvalue weighted by Gasteiger charge is 2.28. The summed E-state index contributed by atoms with van der Waals surface area (Å²) in [6.07, 6.45) is 3.06. The maximum absolute atomic E-state index is 13.1. The summed E-state index contributed by atoms with van der Waals surface area (Å²) in [4.78, 5) is 17.0. The Hall–Kier alpha value is -2.54. The fraction of sp³-hybridized carbons (Fsp3) is 0.583. The molecule has 1 saturated heterocycles. The van der Waals surface area contributed by atoms with Crippen molar-refractivity contribution in [2.24, 2.45) is 0 Å². The Morgan fingerprint density at radius 3 is 2.61 bits per heavy atom. The smallest absolute Gasteiger partial charge is 0.317 e. The van der Waals surface area contributed by atoms with Gasteiger partial charge in [0, 0.05) is 39.4 Å². The van der Waals surface area contributed by atoms with Gasteiger partial charge in [0.25, 0.3) is 0 Å². The van der Waals surface area contributed by atoms with E-state index < -0.39 is 0 Å². The molecule has 2 aromatic rings. The molecule has 1 aromatic heterocycles. The molecule has 170 valence electrons. The number of amides is 2. The summed E-state index contributed by atoms with van der Waals surface area (Å²) in [5, 5.41) is 8.05. The number of aromatic nitrogens is 2. The van der Waals surface area contributed by atoms with Crippen LogP contribution in [-0.4, -0.2) is 60.6 Å². The normalized spacial score (nSPS) is 16.0. The fourth-order valence-electron chi connectivity index (χ4n) is 4.07. The molecule has 0 radical (unpaired) electrons. The topological polar surface area (TPSA) is 62.6 Å². The van der Waals surface area contributed by atoms with Crippen molar-refractivity contribution in [3.05, 3.63) is 41.6 Å². The van der Waals surface area contributed by atoms with Gasteiger partial charge in [-0.25, -0.2) is 9.48 Å². The number of rotatable bonds is 9. The minimum absolute atomic E-state index is 0.0378. The summed E-state index contributed by atoms with van der Waals surface area (Å²) in [5.74, 6) is 1.25. The van der Waals surface area contributed by atoms with E-state index in [1.165, 1.54) is 0 Å². The van der Waals surface area contributed by atoms with E-state index in [0.29, 0.717) is 19.6 Å². The third kappa shape index (κ3) is 5.58. The Labute approximate surface area is 186 Å². The van der Waals surface area contributed by atoms with E-state index >= 15 is 0 Å². The first-order chi connectivity index (χ1) is 14.9. The molecule has 31 heavy (non-hydrogen) atoms. The van der Waals surface area contributed by atoms with Crippen molar-refractivity contribution in [3.63, 3.8) is 0 Å². The summed E-state index contributed by atoms with van der Waals surface area (Å²) in [6.45, 7) is 8.92. The molecule has 1 N–H and O–H groups in total. The number of anilines is 1. The molecule has 1 atom stereocenters. The summed E-state index contributed by atoms with van der Waals surface area (Å²) in [5.41, 5.74) is 3.13. The summed E-state index contributed by atoms with van der Waals surface area (Å²) < 4.78 is 7.85. The van der Waals surface area contributed by atoms with Crippen molar-refractivity contribution in [2.75, 3.05) is 38.7 Å². The lowest BCUT2D eigenvalue weighted by molar-refractivity contribution is 0.0794. The number of carbonyl (C=O) groups excluding carboxylic acids is 1. The number of nitrogens with zero attached hydrogens (tertiary/aromatic N) is 4. The van der Waals surface area contributed by atoms with E-state index in [9.17, 15) is 4.79 Å². The molecule has 1 fully saturated rings. The van der Waals surface area contributed by atoms with Gasteiger partial charge in [0.05, 0.1) is 24.0 Å². The molecule has 0 bridgehead atoms. The number of benzene rings is 1. The first-order valence-electron chi connectivity index (χ1n) is 11.4. The molecule has 3 rings (SSSR count). The van der Waals surface area contributed by atoms with Crippen molar-refractivity contribution in [2.45, 2.75) is 58.6 Å². The van der Waals surface area contributed by atoms with E-state index in [1.807, 2.05) is 41.9 Å². The van der Waals surface area contributed by atoms with E-state index in [4.69, 9.17) is 9.84 Å². The van der Waals surface area contributed by atoms with Gasteiger partial charge < -0.3 is 19.9 Å². The average molecular weight is 428 g/mol. The molecular weight excluding hydrogens is 390 g/mol. The predicted octanol–water partition coefficient (Wildman–Crippen LogP) is 4.16. The number of hydrogen-bond acceptors (Lipinski definition) is 4. The summed E-state index contributed by atoms with van der Waals surface area (Å²) >= 11 is 0. The van der Waals surface area contributed by atoms with Crippen LogP contribution in [0.4, 0.5) is 10.6 Å². The monoisotopic (exact) mass is 427 g/mol. The first kappa shape index (κ1) is 23.1. The van der Waals surface area contributed by atoms with Crippen LogP contribution in [0, 0.1) is 0 Å². The van der Waals surface area contributed by atoms with Gasteiger partial charge in [-0.3, -0.25) is 0 Å². The average Bonchev–Trinajstić information content (AvgIpc) is 3.40. The van der Waals surface area contributed by atoms with Crippen LogP contribution < -0.4 is 10.2 Å². The SMILES string of the molecule is CCCNC(=O)N(Cc1c(C(C)C)nn(-c2ccccc2)c1N(C)C)CC1CCCO1. The standard InChI is InChI=1S/C24H37N5O2/c1-6-14-25-24(30)28(16-20-13-10-15-31-20)17-21-22(18(2)3)26-29(23(21)27(4)5)19-11-8-7-9-12-19/h7-9,11-12,18,20H,6,10,13-17H2,1-5H3,(H,25,30). The zero-order valence-electron chi connectivity index (χ0n) is 19.6. The lowest BCUT2D eigenvalue weighted by Gasteiger charge is -2.27. The molecule has 7 heteroatoms. The molecular formula is C24H37N5O2. The highest BCUT2D eigenvalue weighted by Crippen LogP contribution is 2.32. The van der Waals surface area contributed by atoms with Crippen LogP contribution >= 0.6 is 0 Å². The molecule has 0 aliphatic carbocycles. The molecule has 1 unspecified atom stereocenters. The maximum atomic E-state index is 13.1. The minimum Gasteiger partial charge on any atom is -0.376 e. The van der Waals surface area contributed by atoms with Crippen molar-refractivity contribution >= 4 is 11.8 Å². The molecule has 1 aliphatic rings. The number of ether oxygens (including phenoxy) is 1. The Morgan fingerprint density at radius 2 is 2.03 bits per heavy atom. The van der Waals surface area contributed by atoms with Gasteiger partial charge in [0.15, 0.2) is 0 Å². The van der Waals surface area contributed by atoms with Gasteiger partial charge >= 0.3 is 6.03 Å². The van der Waals surface area contributed by atoms with Gasteiger partial charge in [0.1, 0.15) is 5.82 Å². The molecule has 0 saturated carbocycles. The molecule has 7 nitrogen and oxygen atoms in total. The van der Waals surface area contributed by atoms with Crippen LogP contribution in [0.25, 0.3) is 5.69 Å². The Morgan fingerprint density at radius 1 is 1.29 bits per heavy atom. The van der Waals surface area contributed by atoms with Gasteiger partial charge in [-0.15, -0.1) is 0 Å². The largest absolute Gasteiger partial charge is 0.376 e. The third-order valence-electron chi connectivity index (χ3n) is 5.57. The van der Waals surface area contributed by atoms with Gasteiger partial charge in [-0.1, -0.05) is 39.0 Å². The van der Waals surface area contributed by atoms with Crippen LogP contribution in [-0.2, 0) is 11.3 Å². The zero-order chi connectivity index (χ0) is 22.4. The number of hydrogen-bond donors (Lipinski definition) is 1. The zero-order valence-corrected chi connectivity index (χ0v) is 19.6. The second-order valence-electron chi connectivity index (χ2n) is 8.73. The molecule has 1 aromatic carbocycles. The Bertz CT molecular complexity index is 841. The number of para-hydroxylation sites is 1. The lowest BCUT2D eigenvalue weighted by Crippen LogP contribution is -2.43. The quantitative estimate of drug-likeness (QED) is 0.653. The maximum Gasteiger partial charge on any atom is 0.317 e. The highest BCUT2D eigenvalue weighted by atomic mass is 16.5. The number of carbonyl (C=O) groups is 1. The van der Waals surface area contributed by atoms with E-state index in [1.54, 1.807) is 0 Å². The molecule has 2 heterocycles. The lowest BCUT2D eigenvalue weighted by atomic mass is 10.0. The van der Waals surface area contributed by atoms with Crippen molar-refractivity contribution in [3.8, 4) is 5.69 Å². The summed E-state index contributed by atoms with van der Waals surface area (Å²) in [7, 11) is 4.07. The molecule has 2 amide bonds. The number of nitrogens with one attached hydrogen (secondary N) is 1. The van der Waals surface area contributed by atoms with Gasteiger partial charge in [-0.05, 0) is 37.3 Å². The van der Waals surface area contributed by atoms with E-state index in [2.05, 4.69) is 43.1 Å². The van der Waals surface area contributed by atoms with E-state index in [0.717, 1.165) is 48.6 Å².